The molecule has 5 nitrogen and oxygen atoms in total. The van der Waals surface area contributed by atoms with Gasteiger partial charge in [-0.15, -0.1) is 0 Å². The van der Waals surface area contributed by atoms with Crippen molar-refractivity contribution in [3.05, 3.63) is 39.9 Å². The summed E-state index contributed by atoms with van der Waals surface area (Å²) in [6.45, 7) is 6.01. The van der Waals surface area contributed by atoms with Crippen LogP contribution in [0.5, 0.6) is 0 Å². The fourth-order valence-electron chi connectivity index (χ4n) is 3.18. The Kier molecular flexibility index (Phi) is 4.40. The predicted molar refractivity (Wildman–Crippen MR) is 75.5 cm³/mol. The van der Waals surface area contributed by atoms with Crippen molar-refractivity contribution in [3.63, 3.8) is 0 Å². The lowest BCUT2D eigenvalue weighted by molar-refractivity contribution is -0.385. The third-order valence-corrected chi connectivity index (χ3v) is 4.38. The van der Waals surface area contributed by atoms with Crippen molar-refractivity contribution in [2.24, 2.45) is 11.8 Å². The van der Waals surface area contributed by atoms with Gasteiger partial charge in [0.05, 0.1) is 23.2 Å². The third kappa shape index (κ3) is 2.83. The lowest BCUT2D eigenvalue weighted by Crippen LogP contribution is -2.32. The van der Waals surface area contributed by atoms with Crippen LogP contribution < -0.4 is 0 Å². The molecule has 110 valence electrons. The lowest BCUT2D eigenvalue weighted by Gasteiger charge is -2.24. The first-order chi connectivity index (χ1) is 9.41. The SMILES string of the molecule is CC1OC(C)C(C(O)Cc2ccccc2[N+](=O)[O-])C1C. The summed E-state index contributed by atoms with van der Waals surface area (Å²) in [5, 5.41) is 21.5. The van der Waals surface area contributed by atoms with Gasteiger partial charge >= 0.3 is 0 Å². The van der Waals surface area contributed by atoms with Crippen molar-refractivity contribution in [2.45, 2.75) is 45.5 Å². The number of nitrogens with zero attached hydrogens (tertiary/aromatic N) is 1. The highest BCUT2D eigenvalue weighted by atomic mass is 16.6. The first kappa shape index (κ1) is 14.9. The van der Waals surface area contributed by atoms with Gasteiger partial charge in [-0.2, -0.15) is 0 Å². The van der Waals surface area contributed by atoms with Gasteiger partial charge in [-0.3, -0.25) is 10.1 Å². The maximum absolute atomic E-state index is 11.0. The zero-order chi connectivity index (χ0) is 14.9. The summed E-state index contributed by atoms with van der Waals surface area (Å²) in [5.41, 5.74) is 0.641. The molecule has 1 N–H and O–H groups in total. The number of rotatable bonds is 4. The molecule has 1 aliphatic rings. The fraction of sp³-hybridized carbons (Fsp3) is 0.600. The summed E-state index contributed by atoms with van der Waals surface area (Å²) >= 11 is 0. The van der Waals surface area contributed by atoms with E-state index in [4.69, 9.17) is 4.74 Å². The van der Waals surface area contributed by atoms with E-state index < -0.39 is 11.0 Å². The van der Waals surface area contributed by atoms with Gasteiger partial charge in [-0.25, -0.2) is 0 Å². The second kappa shape index (κ2) is 5.89. The molecule has 0 bridgehead atoms. The summed E-state index contributed by atoms with van der Waals surface area (Å²) in [5.74, 6) is 0.243. The van der Waals surface area contributed by atoms with Crippen LogP contribution in [0.4, 0.5) is 5.69 Å². The summed E-state index contributed by atoms with van der Waals surface area (Å²) < 4.78 is 5.73. The van der Waals surface area contributed by atoms with Crippen molar-refractivity contribution >= 4 is 5.69 Å². The molecule has 2 rings (SSSR count). The molecule has 5 heteroatoms. The quantitative estimate of drug-likeness (QED) is 0.679. The second-order valence-corrected chi connectivity index (χ2v) is 5.64. The number of hydrogen-bond donors (Lipinski definition) is 1. The number of hydrogen-bond acceptors (Lipinski definition) is 4. The smallest absolute Gasteiger partial charge is 0.272 e. The van der Waals surface area contributed by atoms with Gasteiger partial charge in [0, 0.05) is 24.0 Å². The van der Waals surface area contributed by atoms with Crippen LogP contribution in [0.1, 0.15) is 26.3 Å². The topological polar surface area (TPSA) is 72.6 Å². The van der Waals surface area contributed by atoms with Crippen LogP contribution in [0.2, 0.25) is 0 Å². The first-order valence-corrected chi connectivity index (χ1v) is 6.97. The molecular formula is C15H21NO4. The first-order valence-electron chi connectivity index (χ1n) is 6.97. The van der Waals surface area contributed by atoms with Gasteiger partial charge in [-0.1, -0.05) is 25.1 Å². The molecule has 1 aromatic rings. The van der Waals surface area contributed by atoms with E-state index in [0.29, 0.717) is 5.56 Å². The van der Waals surface area contributed by atoms with E-state index in [9.17, 15) is 15.2 Å². The molecule has 1 aliphatic heterocycles. The minimum Gasteiger partial charge on any atom is -0.392 e. The van der Waals surface area contributed by atoms with Crippen molar-refractivity contribution in [2.75, 3.05) is 0 Å². The number of ether oxygens (including phenoxy) is 1. The number of nitro groups is 1. The average molecular weight is 279 g/mol. The molecule has 20 heavy (non-hydrogen) atoms. The van der Waals surface area contributed by atoms with E-state index in [1.54, 1.807) is 18.2 Å². The highest BCUT2D eigenvalue weighted by molar-refractivity contribution is 5.40. The van der Waals surface area contributed by atoms with Gasteiger partial charge in [0.1, 0.15) is 0 Å². The van der Waals surface area contributed by atoms with Crippen LogP contribution >= 0.6 is 0 Å². The van der Waals surface area contributed by atoms with Crippen molar-refractivity contribution in [1.29, 1.82) is 0 Å². The van der Waals surface area contributed by atoms with Gasteiger partial charge in [-0.05, 0) is 19.8 Å². The van der Waals surface area contributed by atoms with Crippen molar-refractivity contribution < 1.29 is 14.8 Å². The number of benzene rings is 1. The summed E-state index contributed by atoms with van der Waals surface area (Å²) in [6.07, 6.45) is -0.272. The maximum atomic E-state index is 11.0. The van der Waals surface area contributed by atoms with Crippen molar-refractivity contribution in [3.8, 4) is 0 Å². The van der Waals surface area contributed by atoms with E-state index in [1.165, 1.54) is 6.07 Å². The summed E-state index contributed by atoms with van der Waals surface area (Å²) in [4.78, 5) is 10.6. The number of aliphatic hydroxyl groups excluding tert-OH is 1. The largest absolute Gasteiger partial charge is 0.392 e. The van der Waals surface area contributed by atoms with Crippen LogP contribution in [-0.4, -0.2) is 28.3 Å². The third-order valence-electron chi connectivity index (χ3n) is 4.38. The second-order valence-electron chi connectivity index (χ2n) is 5.64. The Labute approximate surface area is 118 Å². The average Bonchev–Trinajstić information content (AvgIpc) is 2.63. The molecule has 0 amide bonds. The van der Waals surface area contributed by atoms with Crippen LogP contribution in [0.25, 0.3) is 0 Å². The molecule has 1 fully saturated rings. The number of para-hydroxylation sites is 1. The Bertz CT molecular complexity index is 491. The van der Waals surface area contributed by atoms with Gasteiger partial charge in [0.25, 0.3) is 5.69 Å². The molecule has 5 unspecified atom stereocenters. The molecular weight excluding hydrogens is 258 g/mol. The zero-order valence-corrected chi connectivity index (χ0v) is 12.0. The highest BCUT2D eigenvalue weighted by Gasteiger charge is 2.41. The summed E-state index contributed by atoms with van der Waals surface area (Å²) in [7, 11) is 0. The van der Waals surface area contributed by atoms with E-state index >= 15 is 0 Å². The van der Waals surface area contributed by atoms with Gasteiger partial charge in [0.2, 0.25) is 0 Å². The van der Waals surface area contributed by atoms with E-state index in [2.05, 4.69) is 6.92 Å². The molecule has 1 saturated heterocycles. The normalized spacial score (nSPS) is 31.2. The molecule has 1 heterocycles. The van der Waals surface area contributed by atoms with Crippen molar-refractivity contribution in [1.82, 2.24) is 0 Å². The molecule has 5 atom stereocenters. The van der Waals surface area contributed by atoms with Gasteiger partial charge in [0.15, 0.2) is 0 Å². The predicted octanol–water partition coefficient (Wildman–Crippen LogP) is 2.56. The molecule has 0 aromatic heterocycles. The highest BCUT2D eigenvalue weighted by Crippen LogP contribution is 2.36. The van der Waals surface area contributed by atoms with Crippen LogP contribution in [0.15, 0.2) is 24.3 Å². The van der Waals surface area contributed by atoms with E-state index in [-0.39, 0.29) is 36.2 Å². The Morgan fingerprint density at radius 3 is 2.50 bits per heavy atom. The van der Waals surface area contributed by atoms with Crippen LogP contribution in [0.3, 0.4) is 0 Å². The lowest BCUT2D eigenvalue weighted by atomic mass is 9.82. The van der Waals surface area contributed by atoms with E-state index in [0.717, 1.165) is 0 Å². The Morgan fingerprint density at radius 2 is 1.95 bits per heavy atom. The summed E-state index contributed by atoms with van der Waals surface area (Å²) in [6, 6.07) is 6.58. The van der Waals surface area contributed by atoms with Crippen LogP contribution in [-0.2, 0) is 11.2 Å². The molecule has 0 saturated carbocycles. The van der Waals surface area contributed by atoms with Gasteiger partial charge < -0.3 is 9.84 Å². The monoisotopic (exact) mass is 279 g/mol. The zero-order valence-electron chi connectivity index (χ0n) is 12.0. The van der Waals surface area contributed by atoms with Crippen LogP contribution in [0, 0.1) is 22.0 Å². The number of aliphatic hydroxyl groups is 1. The Hall–Kier alpha value is -1.46. The molecule has 0 spiro atoms. The molecule has 1 aromatic carbocycles. The van der Waals surface area contributed by atoms with E-state index in [1.807, 2.05) is 13.8 Å². The minimum absolute atomic E-state index is 0.00445. The Balaban J connectivity index is 2.16. The Morgan fingerprint density at radius 1 is 1.30 bits per heavy atom. The fourth-order valence-corrected chi connectivity index (χ4v) is 3.18. The number of nitro benzene ring substituents is 1. The molecule has 0 aliphatic carbocycles. The molecule has 0 radical (unpaired) electrons. The maximum Gasteiger partial charge on any atom is 0.272 e. The minimum atomic E-state index is -0.633. The standard InChI is InChI=1S/C15H21NO4/c1-9-10(2)20-11(3)15(9)14(17)8-12-6-4-5-7-13(12)16(18)19/h4-7,9-11,14-15,17H,8H2,1-3H3.